The number of alkyl halides is 3. The number of aliphatic imine (C=N–C) groups is 1. The Hall–Kier alpha value is -8.56. The van der Waals surface area contributed by atoms with Crippen LogP contribution in [0.25, 0.3) is 0 Å². The first-order valence-corrected chi connectivity index (χ1v) is 27.4. The molecule has 0 saturated carbocycles. The highest BCUT2D eigenvalue weighted by Gasteiger charge is 2.41. The fourth-order valence-corrected chi connectivity index (χ4v) is 9.99. The normalized spacial score (nSPS) is 20.7. The summed E-state index contributed by atoms with van der Waals surface area (Å²) in [5.41, 5.74) is 27.8. The van der Waals surface area contributed by atoms with Gasteiger partial charge in [0.2, 0.25) is 65.0 Å². The molecule has 0 unspecified atom stereocenters. The van der Waals surface area contributed by atoms with Gasteiger partial charge in [0.05, 0.1) is 13.0 Å². The summed E-state index contributed by atoms with van der Waals surface area (Å²) in [5.74, 6) is -13.8. The molecule has 0 aliphatic carbocycles. The van der Waals surface area contributed by atoms with Crippen LogP contribution in [0.15, 0.2) is 53.5 Å². The zero-order valence-electron chi connectivity index (χ0n) is 43.7. The van der Waals surface area contributed by atoms with E-state index in [1.165, 1.54) is 23.1 Å². The van der Waals surface area contributed by atoms with E-state index in [1.807, 2.05) is 0 Å². The third-order valence-corrected chi connectivity index (χ3v) is 14.3. The van der Waals surface area contributed by atoms with Gasteiger partial charge in [-0.15, -0.1) is 0 Å². The largest absolute Gasteiger partial charge is 0.504 e. The summed E-state index contributed by atoms with van der Waals surface area (Å²) in [4.78, 5) is 162. The number of halogens is 3. The van der Waals surface area contributed by atoms with Crippen LogP contribution in [-0.2, 0) is 70.4 Å². The number of hydrogen-bond donors (Lipinski definition) is 15. The Balaban J connectivity index is 0.00000236. The van der Waals surface area contributed by atoms with Crippen molar-refractivity contribution in [3.05, 3.63) is 59.7 Å². The molecule has 0 bridgehead atoms. The number of phenols is 2. The molecule has 2 saturated heterocycles. The number of aromatic hydroxyl groups is 2. The molecule has 0 spiro atoms. The lowest BCUT2D eigenvalue weighted by atomic mass is 10.0. The molecule has 82 heavy (non-hydrogen) atoms. The monoisotopic (exact) mass is 1200 g/mol. The molecule has 2 aliphatic rings. The lowest BCUT2D eigenvalue weighted by Gasteiger charge is -2.31. The predicted molar refractivity (Wildman–Crippen MR) is 288 cm³/mol. The molecule has 34 heteroatoms. The number of aliphatic carboxylic acids is 1. The number of primary amides is 3. The summed E-state index contributed by atoms with van der Waals surface area (Å²) < 4.78 is 31.7. The molecule has 2 heterocycles. The van der Waals surface area contributed by atoms with Gasteiger partial charge in [-0.05, 0) is 55.4 Å². The molecule has 0 aromatic heterocycles. The fraction of sp³-hybridized carbons (Fsp3) is 0.479. The van der Waals surface area contributed by atoms with Gasteiger partial charge in [-0.25, -0.2) is 4.79 Å². The second kappa shape index (κ2) is 33.3. The highest BCUT2D eigenvalue weighted by atomic mass is 33.1. The average molecular weight is 1200 g/mol. The number of hydrogen-bond acceptors (Lipinski definition) is 17. The summed E-state index contributed by atoms with van der Waals surface area (Å²) in [6, 6.07) is 2.03. The van der Waals surface area contributed by atoms with E-state index in [2.05, 4.69) is 42.2 Å². The second-order valence-corrected chi connectivity index (χ2v) is 20.9. The Morgan fingerprint density at radius 1 is 0.744 bits per heavy atom. The van der Waals surface area contributed by atoms with Crippen molar-refractivity contribution in [2.75, 3.05) is 31.1 Å². The van der Waals surface area contributed by atoms with E-state index in [9.17, 15) is 76.1 Å². The quantitative estimate of drug-likeness (QED) is 0.0210. The van der Waals surface area contributed by atoms with Crippen LogP contribution in [0.5, 0.6) is 11.5 Å². The van der Waals surface area contributed by atoms with Crippen molar-refractivity contribution >= 4 is 98.5 Å². The minimum Gasteiger partial charge on any atom is -0.504 e. The Labute approximate surface area is 473 Å². The van der Waals surface area contributed by atoms with Gasteiger partial charge < -0.3 is 86.1 Å². The van der Waals surface area contributed by atoms with Crippen LogP contribution in [0.1, 0.15) is 62.5 Å². The molecule has 29 nitrogen and oxygen atoms in total. The van der Waals surface area contributed by atoms with E-state index in [1.54, 1.807) is 30.3 Å². The van der Waals surface area contributed by atoms with Crippen molar-refractivity contribution in [3.63, 3.8) is 0 Å². The van der Waals surface area contributed by atoms with Gasteiger partial charge in [0.1, 0.15) is 42.3 Å². The Morgan fingerprint density at radius 3 is 1.94 bits per heavy atom. The van der Waals surface area contributed by atoms with E-state index in [-0.39, 0.29) is 69.1 Å². The van der Waals surface area contributed by atoms with Gasteiger partial charge in [0.15, 0.2) is 17.5 Å². The highest BCUT2D eigenvalue weighted by molar-refractivity contribution is 8.76. The highest BCUT2D eigenvalue weighted by Crippen LogP contribution is 2.27. The van der Waals surface area contributed by atoms with Crippen molar-refractivity contribution < 1.29 is 86.0 Å². The molecular weight excluding hydrogens is 1130 g/mol. The lowest BCUT2D eigenvalue weighted by Crippen LogP contribution is -2.61. The number of carboxylic acids is 1. The molecule has 2 aromatic rings. The number of rotatable bonds is 19. The number of carboxylic acid groups (broad SMARTS) is 1. The standard InChI is InChI=1S/C46H64N14O13S2.C2HF3O2/c47-35(63)13-11-27-40(68)58-30(21-36(48)64)43(71)59-31(45(73)60-16-5-9-32(60)44(72)56-26(8-4-15-52-46(50)51)39(67)53-22-37(49)65)23-75-74-17-14-38(66)54-28(19-25-10-12-33(61)34(62)20-25)41(69)57-29(42(70)55-27)18-24-6-2-1-3-7-24;3-2(4,5)1(6)7/h1-3,6-7,10,12,20,26-32,61-62H,4-5,8-9,11,13-19,21-23H2,(H2,47,63)(H2,48,64)(H2,49,65)(H,53,67)(H,54,66)(H,55,70)(H,56,72)(H,57,69)(H,58,68)(H,59,71)(H4,50,51,52);(H,6,7)/t26-,27+,28+,29+,30+,31+,32+;/m1./s1. The first-order valence-electron chi connectivity index (χ1n) is 24.9. The Bertz CT molecular complexity index is 2670. The van der Waals surface area contributed by atoms with Crippen molar-refractivity contribution in [1.29, 1.82) is 0 Å². The summed E-state index contributed by atoms with van der Waals surface area (Å²) in [5, 5.41) is 45.0. The van der Waals surface area contributed by atoms with Crippen LogP contribution >= 0.6 is 21.6 Å². The maximum Gasteiger partial charge on any atom is 0.490 e. The van der Waals surface area contributed by atoms with E-state index < -0.39 is 157 Å². The molecular formula is C48H65F3N14O15S2. The number of benzene rings is 2. The maximum atomic E-state index is 14.6. The number of amides is 11. The minimum absolute atomic E-state index is 0.00345. The van der Waals surface area contributed by atoms with E-state index in [0.717, 1.165) is 21.6 Å². The zero-order chi connectivity index (χ0) is 61.3. The molecule has 4 rings (SSSR count). The van der Waals surface area contributed by atoms with Crippen LogP contribution in [-0.4, -0.2) is 177 Å². The number of guanidine groups is 1. The van der Waals surface area contributed by atoms with E-state index in [0.29, 0.717) is 17.5 Å². The summed E-state index contributed by atoms with van der Waals surface area (Å²) in [6.45, 7) is -0.432. The van der Waals surface area contributed by atoms with Gasteiger partial charge in [-0.1, -0.05) is 58.0 Å². The van der Waals surface area contributed by atoms with Gasteiger partial charge in [-0.3, -0.25) is 57.7 Å². The third kappa shape index (κ3) is 24.0. The van der Waals surface area contributed by atoms with Crippen molar-refractivity contribution in [2.24, 2.45) is 33.7 Å². The maximum absolute atomic E-state index is 14.6. The first kappa shape index (κ1) is 67.7. The Morgan fingerprint density at radius 2 is 1.34 bits per heavy atom. The van der Waals surface area contributed by atoms with Crippen molar-refractivity contribution in [1.82, 2.24) is 42.1 Å². The average Bonchev–Trinajstić information content (AvgIpc) is 4.03. The Kier molecular flexibility index (Phi) is 27.5. The number of phenolic OH excluding ortho intramolecular Hbond substituents is 2. The molecule has 2 fully saturated rings. The smallest absolute Gasteiger partial charge is 0.490 e. The molecule has 2 aromatic carbocycles. The SMILES string of the molecule is NC(=O)CC[C@@H]1NC(=O)[C@H](Cc2ccccc2)NC(=O)[C@H](Cc2ccc(O)c(O)c2)NC(=O)CCSSC[C@@H](C(=O)N2CCC[C@H]2C(=O)N[C@H](CCCN=C(N)N)C(=O)NCC(N)=O)NC(=O)[C@H](CC(N)=O)NC1=O.O=C(O)C(F)(F)F. The van der Waals surface area contributed by atoms with Crippen LogP contribution in [0.4, 0.5) is 13.2 Å². The zero-order valence-corrected chi connectivity index (χ0v) is 45.4. The predicted octanol–water partition coefficient (Wildman–Crippen LogP) is -4.00. The van der Waals surface area contributed by atoms with Crippen molar-refractivity contribution in [2.45, 2.75) is 113 Å². The lowest BCUT2D eigenvalue weighted by molar-refractivity contribution is -0.192. The molecule has 0 radical (unpaired) electrons. The van der Waals surface area contributed by atoms with E-state index in [4.69, 9.17) is 38.6 Å². The number of nitrogens with one attached hydrogen (secondary N) is 7. The van der Waals surface area contributed by atoms with E-state index >= 15 is 0 Å². The minimum atomic E-state index is -5.08. The third-order valence-electron chi connectivity index (χ3n) is 11.8. The second-order valence-electron chi connectivity index (χ2n) is 18.3. The van der Waals surface area contributed by atoms with Crippen LogP contribution < -0.4 is 65.9 Å². The fourth-order valence-electron chi connectivity index (χ4n) is 7.85. The van der Waals surface area contributed by atoms with Gasteiger partial charge >= 0.3 is 12.1 Å². The number of carbonyl (C=O) groups is 12. The van der Waals surface area contributed by atoms with Crippen molar-refractivity contribution in [3.8, 4) is 11.5 Å². The molecule has 450 valence electrons. The molecule has 7 atom stereocenters. The van der Waals surface area contributed by atoms with Crippen LogP contribution in [0.2, 0.25) is 0 Å². The van der Waals surface area contributed by atoms with Gasteiger partial charge in [0.25, 0.3) is 0 Å². The van der Waals surface area contributed by atoms with Crippen LogP contribution in [0.3, 0.4) is 0 Å². The number of nitrogens with two attached hydrogens (primary N) is 5. The van der Waals surface area contributed by atoms with Gasteiger partial charge in [0, 0.05) is 50.3 Å². The molecule has 11 amide bonds. The summed E-state index contributed by atoms with van der Waals surface area (Å²) in [7, 11) is 2.13. The molecule has 2 aliphatic heterocycles. The topological polar surface area (TPSA) is 495 Å². The molecule has 20 N–H and O–H groups in total. The number of nitrogens with zero attached hydrogens (tertiary/aromatic N) is 2. The number of carbonyl (C=O) groups excluding carboxylic acids is 11. The van der Waals surface area contributed by atoms with Gasteiger partial charge in [-0.2, -0.15) is 13.2 Å². The summed E-state index contributed by atoms with van der Waals surface area (Å²) in [6.07, 6.45) is -6.78. The summed E-state index contributed by atoms with van der Waals surface area (Å²) >= 11 is 0. The van der Waals surface area contributed by atoms with Crippen LogP contribution in [0, 0.1) is 0 Å². The first-order chi connectivity index (χ1) is 38.5. The number of likely N-dealkylation sites (tertiary alicyclic amines) is 1.